The molecule has 0 N–H and O–H groups in total. The van der Waals surface area contributed by atoms with Crippen molar-refractivity contribution in [3.8, 4) is 22.8 Å². The first-order chi connectivity index (χ1) is 12.3. The maximum Gasteiger partial charge on any atom is 0.316 e. The van der Waals surface area contributed by atoms with Gasteiger partial charge in [-0.15, -0.1) is 0 Å². The molecule has 26 heavy (non-hydrogen) atoms. The molecule has 134 valence electrons. The van der Waals surface area contributed by atoms with Crippen molar-refractivity contribution in [1.82, 2.24) is 0 Å². The van der Waals surface area contributed by atoms with Crippen LogP contribution in [0.15, 0.2) is 57.7 Å². The highest BCUT2D eigenvalue weighted by molar-refractivity contribution is 5.85. The summed E-state index contributed by atoms with van der Waals surface area (Å²) in [6.07, 6.45) is 0. The minimum atomic E-state index is -0.755. The Morgan fingerprint density at radius 1 is 1.00 bits per heavy atom. The Bertz CT molecular complexity index is 1010. The fourth-order valence-electron chi connectivity index (χ4n) is 2.40. The summed E-state index contributed by atoms with van der Waals surface area (Å²) in [7, 11) is 1.57. The largest absolute Gasteiger partial charge is 0.497 e. The minimum absolute atomic E-state index is 0.103. The zero-order chi connectivity index (χ0) is 18.9. The van der Waals surface area contributed by atoms with Crippen LogP contribution < -0.4 is 14.9 Å². The lowest BCUT2D eigenvalue weighted by Crippen LogP contribution is -2.28. The molecular formula is C21H20O5. The number of rotatable bonds is 3. The van der Waals surface area contributed by atoms with Crippen molar-refractivity contribution in [3.63, 3.8) is 0 Å². The number of fused-ring (bicyclic) bond motifs is 1. The van der Waals surface area contributed by atoms with Gasteiger partial charge >= 0.3 is 5.97 Å². The van der Waals surface area contributed by atoms with E-state index in [-0.39, 0.29) is 16.9 Å². The lowest BCUT2D eigenvalue weighted by atomic mass is 9.97. The smallest absolute Gasteiger partial charge is 0.316 e. The lowest BCUT2D eigenvalue weighted by Gasteiger charge is -2.17. The average molecular weight is 352 g/mol. The highest BCUT2D eigenvalue weighted by Crippen LogP contribution is 2.33. The van der Waals surface area contributed by atoms with E-state index in [9.17, 15) is 9.59 Å². The van der Waals surface area contributed by atoms with E-state index in [2.05, 4.69) is 0 Å². The molecule has 3 rings (SSSR count). The fourth-order valence-corrected chi connectivity index (χ4v) is 2.40. The van der Waals surface area contributed by atoms with Gasteiger partial charge in [-0.3, -0.25) is 9.59 Å². The van der Waals surface area contributed by atoms with Gasteiger partial charge in [0.05, 0.1) is 17.9 Å². The predicted octanol–water partition coefficient (Wildman–Crippen LogP) is 4.42. The SMILES string of the molecule is COc1ccc(-c2oc3ccccc3c(=O)c2OC(=O)C(C)(C)C)cc1. The first kappa shape index (κ1) is 17.7. The van der Waals surface area contributed by atoms with Crippen LogP contribution in [0.4, 0.5) is 0 Å². The Kier molecular flexibility index (Phi) is 4.55. The van der Waals surface area contributed by atoms with Gasteiger partial charge in [0.15, 0.2) is 5.76 Å². The second-order valence-electron chi connectivity index (χ2n) is 6.95. The number of para-hydroxylation sites is 1. The van der Waals surface area contributed by atoms with Gasteiger partial charge in [-0.25, -0.2) is 0 Å². The van der Waals surface area contributed by atoms with Crippen molar-refractivity contribution >= 4 is 16.9 Å². The van der Waals surface area contributed by atoms with Crippen molar-refractivity contribution in [2.45, 2.75) is 20.8 Å². The topological polar surface area (TPSA) is 65.7 Å². The van der Waals surface area contributed by atoms with E-state index in [4.69, 9.17) is 13.9 Å². The minimum Gasteiger partial charge on any atom is -0.497 e. The van der Waals surface area contributed by atoms with Crippen LogP contribution in [0.1, 0.15) is 20.8 Å². The van der Waals surface area contributed by atoms with Crippen molar-refractivity contribution < 1.29 is 18.7 Å². The molecule has 2 aromatic carbocycles. The first-order valence-corrected chi connectivity index (χ1v) is 8.24. The summed E-state index contributed by atoms with van der Waals surface area (Å²) in [6, 6.07) is 13.9. The maximum atomic E-state index is 12.9. The molecule has 0 bridgehead atoms. The lowest BCUT2D eigenvalue weighted by molar-refractivity contribution is -0.143. The van der Waals surface area contributed by atoms with Crippen LogP contribution in [0.3, 0.4) is 0 Å². The van der Waals surface area contributed by atoms with Crippen LogP contribution >= 0.6 is 0 Å². The number of carbonyl (C=O) groups excluding carboxylic acids is 1. The second-order valence-corrected chi connectivity index (χ2v) is 6.95. The molecule has 0 radical (unpaired) electrons. The number of hydrogen-bond donors (Lipinski definition) is 0. The van der Waals surface area contributed by atoms with E-state index in [1.807, 2.05) is 0 Å². The van der Waals surface area contributed by atoms with Gasteiger partial charge in [0.1, 0.15) is 11.3 Å². The van der Waals surface area contributed by atoms with Crippen LogP contribution in [0, 0.1) is 5.41 Å². The van der Waals surface area contributed by atoms with Gasteiger partial charge in [0.2, 0.25) is 11.2 Å². The summed E-state index contributed by atoms with van der Waals surface area (Å²) in [4.78, 5) is 25.3. The molecule has 3 aromatic rings. The zero-order valence-corrected chi connectivity index (χ0v) is 15.2. The molecule has 0 unspecified atom stereocenters. The Balaban J connectivity index is 2.23. The van der Waals surface area contributed by atoms with E-state index in [0.29, 0.717) is 22.3 Å². The Morgan fingerprint density at radius 2 is 1.65 bits per heavy atom. The normalized spacial score (nSPS) is 11.4. The van der Waals surface area contributed by atoms with Crippen LogP contribution in [0.25, 0.3) is 22.3 Å². The number of benzene rings is 2. The van der Waals surface area contributed by atoms with Gasteiger partial charge < -0.3 is 13.9 Å². The molecule has 0 aliphatic rings. The summed E-state index contributed by atoms with van der Waals surface area (Å²) in [5.41, 5.74) is -0.0885. The molecule has 0 atom stereocenters. The summed E-state index contributed by atoms with van der Waals surface area (Å²) < 4.78 is 16.6. The van der Waals surface area contributed by atoms with Gasteiger partial charge in [-0.05, 0) is 57.2 Å². The number of esters is 1. The number of hydrogen-bond acceptors (Lipinski definition) is 5. The predicted molar refractivity (Wildman–Crippen MR) is 99.6 cm³/mol. The van der Waals surface area contributed by atoms with Crippen LogP contribution in [-0.2, 0) is 4.79 Å². The second kappa shape index (κ2) is 6.67. The molecule has 1 heterocycles. The molecule has 0 amide bonds. The standard InChI is InChI=1S/C21H20O5/c1-21(2,3)20(23)26-19-17(22)15-7-5-6-8-16(15)25-18(19)13-9-11-14(24-4)12-10-13/h5-12H,1-4H3. The van der Waals surface area contributed by atoms with Gasteiger partial charge in [-0.2, -0.15) is 0 Å². The molecule has 5 heteroatoms. The van der Waals surface area contributed by atoms with Crippen LogP contribution in [-0.4, -0.2) is 13.1 Å². The highest BCUT2D eigenvalue weighted by Gasteiger charge is 2.27. The molecular weight excluding hydrogens is 332 g/mol. The average Bonchev–Trinajstić information content (AvgIpc) is 2.63. The van der Waals surface area contributed by atoms with Crippen LogP contribution in [0.5, 0.6) is 11.5 Å². The van der Waals surface area contributed by atoms with E-state index in [0.717, 1.165) is 0 Å². The number of methoxy groups -OCH3 is 1. The Hall–Kier alpha value is -3.08. The Labute approximate surface area is 151 Å². The monoisotopic (exact) mass is 352 g/mol. The highest BCUT2D eigenvalue weighted by atomic mass is 16.5. The van der Waals surface area contributed by atoms with Crippen molar-refractivity contribution in [2.75, 3.05) is 7.11 Å². The van der Waals surface area contributed by atoms with E-state index in [1.165, 1.54) is 0 Å². The maximum absolute atomic E-state index is 12.9. The molecule has 5 nitrogen and oxygen atoms in total. The molecule has 0 spiro atoms. The van der Waals surface area contributed by atoms with Gasteiger partial charge in [0.25, 0.3) is 0 Å². The van der Waals surface area contributed by atoms with E-state index in [1.54, 1.807) is 76.4 Å². The Morgan fingerprint density at radius 3 is 2.27 bits per heavy atom. The zero-order valence-electron chi connectivity index (χ0n) is 15.2. The van der Waals surface area contributed by atoms with Crippen LogP contribution in [0.2, 0.25) is 0 Å². The van der Waals surface area contributed by atoms with E-state index < -0.39 is 11.4 Å². The first-order valence-electron chi connectivity index (χ1n) is 8.24. The van der Waals surface area contributed by atoms with Crippen molar-refractivity contribution in [2.24, 2.45) is 5.41 Å². The number of carbonyl (C=O) groups is 1. The summed E-state index contributed by atoms with van der Waals surface area (Å²) in [5.74, 6) is 0.280. The van der Waals surface area contributed by atoms with Gasteiger partial charge in [-0.1, -0.05) is 12.1 Å². The number of ether oxygens (including phenoxy) is 2. The molecule has 1 aromatic heterocycles. The van der Waals surface area contributed by atoms with E-state index >= 15 is 0 Å². The van der Waals surface area contributed by atoms with Crippen molar-refractivity contribution in [1.29, 1.82) is 0 Å². The van der Waals surface area contributed by atoms with Crippen molar-refractivity contribution in [3.05, 3.63) is 58.8 Å². The third-order valence-corrected chi connectivity index (χ3v) is 3.92. The molecule has 0 saturated carbocycles. The molecule has 0 fully saturated rings. The molecule has 0 saturated heterocycles. The summed E-state index contributed by atoms with van der Waals surface area (Å²) >= 11 is 0. The third-order valence-electron chi connectivity index (χ3n) is 3.92. The van der Waals surface area contributed by atoms with Gasteiger partial charge in [0, 0.05) is 5.56 Å². The molecule has 0 aliphatic heterocycles. The molecule has 0 aliphatic carbocycles. The fraction of sp³-hybridized carbons (Fsp3) is 0.238. The summed E-state index contributed by atoms with van der Waals surface area (Å²) in [6.45, 7) is 5.18. The summed E-state index contributed by atoms with van der Waals surface area (Å²) in [5, 5.41) is 0.362. The third kappa shape index (κ3) is 3.33. The quantitative estimate of drug-likeness (QED) is 0.653.